The molecule has 0 saturated heterocycles. The van der Waals surface area contributed by atoms with Crippen LogP contribution in [0.25, 0.3) is 0 Å². The van der Waals surface area contributed by atoms with Gasteiger partial charge in [-0.2, -0.15) is 0 Å². The van der Waals surface area contributed by atoms with Crippen LogP contribution in [0.2, 0.25) is 0 Å². The van der Waals surface area contributed by atoms with Crippen molar-refractivity contribution in [3.05, 3.63) is 35.4 Å². The van der Waals surface area contributed by atoms with E-state index in [-0.39, 0.29) is 5.41 Å². The molecule has 2 rings (SSSR count). The molecule has 0 amide bonds. The molecule has 4 heteroatoms. The smallest absolute Gasteiger partial charge is 0.159 e. The predicted octanol–water partition coefficient (Wildman–Crippen LogP) is 3.98. The summed E-state index contributed by atoms with van der Waals surface area (Å²) in [4.78, 5) is 0. The number of aliphatic hydroxyl groups excluding tert-OH is 1. The van der Waals surface area contributed by atoms with Gasteiger partial charge in [0.2, 0.25) is 0 Å². The van der Waals surface area contributed by atoms with Crippen LogP contribution in [0.15, 0.2) is 18.2 Å². The van der Waals surface area contributed by atoms with E-state index in [2.05, 4.69) is 13.8 Å². The predicted molar refractivity (Wildman–Crippen MR) is 73.3 cm³/mol. The maximum absolute atomic E-state index is 13.3. The Kier molecular flexibility index (Phi) is 4.17. The van der Waals surface area contributed by atoms with Crippen molar-refractivity contribution < 1.29 is 18.6 Å². The average molecular weight is 284 g/mol. The zero-order valence-electron chi connectivity index (χ0n) is 12.2. The molecule has 0 aromatic heterocycles. The van der Waals surface area contributed by atoms with Gasteiger partial charge in [0.15, 0.2) is 11.6 Å². The molecule has 2 nitrogen and oxygen atoms in total. The molecule has 1 saturated carbocycles. The van der Waals surface area contributed by atoms with Crippen LogP contribution in [0.4, 0.5) is 8.78 Å². The Balaban J connectivity index is 2.25. The zero-order chi connectivity index (χ0) is 15.0. The van der Waals surface area contributed by atoms with E-state index in [1.54, 1.807) is 7.11 Å². The summed E-state index contributed by atoms with van der Waals surface area (Å²) in [5.41, 5.74) is -0.110. The number of methoxy groups -OCH3 is 1. The minimum atomic E-state index is -0.946. The lowest BCUT2D eigenvalue weighted by atomic mass is 9.68. The first kappa shape index (κ1) is 15.4. The van der Waals surface area contributed by atoms with Gasteiger partial charge < -0.3 is 9.84 Å². The van der Waals surface area contributed by atoms with Gasteiger partial charge in [-0.25, -0.2) is 8.78 Å². The quantitative estimate of drug-likeness (QED) is 0.909. The van der Waals surface area contributed by atoms with Crippen molar-refractivity contribution in [2.24, 2.45) is 5.41 Å². The normalized spacial score (nSPS) is 22.5. The van der Waals surface area contributed by atoms with Crippen molar-refractivity contribution in [2.75, 3.05) is 7.11 Å². The summed E-state index contributed by atoms with van der Waals surface area (Å²) in [5.74, 6) is -1.85. The Morgan fingerprint density at radius 1 is 1.10 bits per heavy atom. The highest BCUT2D eigenvalue weighted by Gasteiger charge is 2.44. The molecule has 112 valence electrons. The first-order chi connectivity index (χ1) is 9.30. The van der Waals surface area contributed by atoms with E-state index in [4.69, 9.17) is 4.74 Å². The maximum atomic E-state index is 13.3. The standard InChI is InChI=1S/C16H22F2O2/c1-15(2)6-8-16(20-3,9-7-15)14(19)11-4-5-12(17)13(18)10-11/h4-5,10,14,19H,6-9H2,1-3H3. The summed E-state index contributed by atoms with van der Waals surface area (Å²) in [5, 5.41) is 10.6. The van der Waals surface area contributed by atoms with Gasteiger partial charge in [-0.1, -0.05) is 19.9 Å². The van der Waals surface area contributed by atoms with Crippen molar-refractivity contribution >= 4 is 0 Å². The van der Waals surface area contributed by atoms with Gasteiger partial charge in [0.05, 0.1) is 5.60 Å². The number of hydrogen-bond donors (Lipinski definition) is 1. The van der Waals surface area contributed by atoms with E-state index in [1.807, 2.05) is 0 Å². The highest BCUT2D eigenvalue weighted by atomic mass is 19.2. The molecule has 1 fully saturated rings. The molecule has 1 aliphatic rings. The summed E-state index contributed by atoms with van der Waals surface area (Å²) in [6.07, 6.45) is 2.33. The number of ether oxygens (including phenoxy) is 1. The third kappa shape index (κ3) is 2.86. The molecular formula is C16H22F2O2. The van der Waals surface area contributed by atoms with Gasteiger partial charge >= 0.3 is 0 Å². The third-order valence-corrected chi connectivity index (χ3v) is 4.61. The van der Waals surface area contributed by atoms with Gasteiger partial charge in [-0.05, 0) is 48.8 Å². The van der Waals surface area contributed by atoms with E-state index in [1.165, 1.54) is 6.07 Å². The van der Waals surface area contributed by atoms with E-state index in [0.717, 1.165) is 25.0 Å². The minimum Gasteiger partial charge on any atom is -0.385 e. The fourth-order valence-corrected chi connectivity index (χ4v) is 2.93. The van der Waals surface area contributed by atoms with Crippen molar-refractivity contribution in [1.82, 2.24) is 0 Å². The fourth-order valence-electron chi connectivity index (χ4n) is 2.93. The van der Waals surface area contributed by atoms with Crippen LogP contribution in [0.1, 0.15) is 51.2 Å². The van der Waals surface area contributed by atoms with Crippen molar-refractivity contribution in [3.8, 4) is 0 Å². The van der Waals surface area contributed by atoms with Crippen molar-refractivity contribution in [1.29, 1.82) is 0 Å². The van der Waals surface area contributed by atoms with E-state index < -0.39 is 23.3 Å². The van der Waals surface area contributed by atoms with E-state index in [9.17, 15) is 13.9 Å². The number of hydrogen-bond acceptors (Lipinski definition) is 2. The lowest BCUT2D eigenvalue weighted by Crippen LogP contribution is -2.44. The third-order valence-electron chi connectivity index (χ3n) is 4.61. The highest BCUT2D eigenvalue weighted by Crippen LogP contribution is 2.47. The van der Waals surface area contributed by atoms with Crippen LogP contribution in [-0.2, 0) is 4.74 Å². The molecule has 1 aliphatic carbocycles. The molecule has 1 aromatic rings. The van der Waals surface area contributed by atoms with Crippen LogP contribution < -0.4 is 0 Å². The maximum Gasteiger partial charge on any atom is 0.159 e. The molecule has 1 atom stereocenters. The van der Waals surface area contributed by atoms with Crippen LogP contribution in [0.5, 0.6) is 0 Å². The summed E-state index contributed by atoms with van der Waals surface area (Å²) in [6.45, 7) is 4.38. The second kappa shape index (κ2) is 5.41. The van der Waals surface area contributed by atoms with E-state index >= 15 is 0 Å². The lowest BCUT2D eigenvalue weighted by molar-refractivity contribution is -0.138. The lowest BCUT2D eigenvalue weighted by Gasteiger charge is -2.45. The Morgan fingerprint density at radius 3 is 2.20 bits per heavy atom. The monoisotopic (exact) mass is 284 g/mol. The molecule has 1 aromatic carbocycles. The minimum absolute atomic E-state index is 0.232. The molecule has 0 bridgehead atoms. The zero-order valence-corrected chi connectivity index (χ0v) is 12.2. The van der Waals surface area contributed by atoms with Gasteiger partial charge in [-0.3, -0.25) is 0 Å². The molecular weight excluding hydrogens is 262 g/mol. The highest BCUT2D eigenvalue weighted by molar-refractivity contribution is 5.23. The second-order valence-corrected chi connectivity index (χ2v) is 6.51. The van der Waals surface area contributed by atoms with Gasteiger partial charge in [0.1, 0.15) is 6.10 Å². The van der Waals surface area contributed by atoms with Gasteiger partial charge in [0.25, 0.3) is 0 Å². The molecule has 20 heavy (non-hydrogen) atoms. The Morgan fingerprint density at radius 2 is 1.70 bits per heavy atom. The number of aliphatic hydroxyl groups is 1. The Labute approximate surface area is 118 Å². The second-order valence-electron chi connectivity index (χ2n) is 6.51. The van der Waals surface area contributed by atoms with Crippen LogP contribution in [-0.4, -0.2) is 17.8 Å². The summed E-state index contributed by atoms with van der Waals surface area (Å²) in [6, 6.07) is 3.52. The van der Waals surface area contributed by atoms with Crippen LogP contribution >= 0.6 is 0 Å². The first-order valence-electron chi connectivity index (χ1n) is 6.98. The molecule has 0 spiro atoms. The Hall–Kier alpha value is -1.00. The topological polar surface area (TPSA) is 29.5 Å². The summed E-state index contributed by atoms with van der Waals surface area (Å²) in [7, 11) is 1.57. The largest absolute Gasteiger partial charge is 0.385 e. The SMILES string of the molecule is COC1(C(O)c2ccc(F)c(F)c2)CCC(C)(C)CC1. The molecule has 0 radical (unpaired) electrons. The number of rotatable bonds is 3. The van der Waals surface area contributed by atoms with Crippen molar-refractivity contribution in [3.63, 3.8) is 0 Å². The molecule has 0 heterocycles. The average Bonchev–Trinajstić information content (AvgIpc) is 2.42. The molecule has 0 aliphatic heterocycles. The van der Waals surface area contributed by atoms with Crippen molar-refractivity contribution in [2.45, 2.75) is 51.2 Å². The number of halogens is 2. The fraction of sp³-hybridized carbons (Fsp3) is 0.625. The molecule has 1 N–H and O–H groups in total. The number of benzene rings is 1. The first-order valence-corrected chi connectivity index (χ1v) is 6.98. The van der Waals surface area contributed by atoms with Gasteiger partial charge in [-0.15, -0.1) is 0 Å². The van der Waals surface area contributed by atoms with E-state index in [0.29, 0.717) is 18.4 Å². The molecule has 1 unspecified atom stereocenters. The van der Waals surface area contributed by atoms with Gasteiger partial charge in [0, 0.05) is 7.11 Å². The van der Waals surface area contributed by atoms with Crippen LogP contribution in [0, 0.1) is 17.0 Å². The summed E-state index contributed by atoms with van der Waals surface area (Å²) >= 11 is 0. The Bertz CT molecular complexity index is 475. The van der Waals surface area contributed by atoms with Crippen LogP contribution in [0.3, 0.4) is 0 Å². The summed E-state index contributed by atoms with van der Waals surface area (Å²) < 4.78 is 31.9.